The Hall–Kier alpha value is -1.92. The minimum Gasteiger partial charge on any atom is -0.353 e. The van der Waals surface area contributed by atoms with Crippen LogP contribution in [-0.4, -0.2) is 59.9 Å². The number of carbonyl (C=O) groups excluding carboxylic acids is 2. The molecule has 1 heterocycles. The molecule has 27 heavy (non-hydrogen) atoms. The Bertz CT molecular complexity index is 647. The van der Waals surface area contributed by atoms with Gasteiger partial charge in [-0.1, -0.05) is 38.1 Å². The van der Waals surface area contributed by atoms with Gasteiger partial charge in [0.2, 0.25) is 11.8 Å². The van der Waals surface area contributed by atoms with Crippen molar-refractivity contribution in [3.05, 3.63) is 35.4 Å². The molecule has 2 unspecified atom stereocenters. The van der Waals surface area contributed by atoms with E-state index in [9.17, 15) is 9.59 Å². The molecule has 6 nitrogen and oxygen atoms in total. The molecule has 1 aromatic carbocycles. The molecule has 6 heteroatoms. The molecule has 1 aromatic rings. The van der Waals surface area contributed by atoms with E-state index >= 15 is 0 Å². The summed E-state index contributed by atoms with van der Waals surface area (Å²) in [7, 11) is 0. The second kappa shape index (κ2) is 9.85. The van der Waals surface area contributed by atoms with Crippen molar-refractivity contribution in [1.29, 1.82) is 0 Å². The molecular weight excluding hydrogens is 340 g/mol. The van der Waals surface area contributed by atoms with Crippen LogP contribution in [0.4, 0.5) is 0 Å². The first kappa shape index (κ1) is 21.4. The number of nitrogens with one attached hydrogen (secondary N) is 1. The fraction of sp³-hybridized carbons (Fsp3) is 0.619. The minimum absolute atomic E-state index is 0.0502. The lowest BCUT2D eigenvalue weighted by molar-refractivity contribution is -0.136. The molecule has 150 valence electrons. The fourth-order valence-electron chi connectivity index (χ4n) is 3.81. The summed E-state index contributed by atoms with van der Waals surface area (Å²) in [6.07, 6.45) is 0.661. The lowest BCUT2D eigenvalue weighted by Crippen LogP contribution is -2.46. The van der Waals surface area contributed by atoms with Gasteiger partial charge in [-0.2, -0.15) is 0 Å². The Balaban J connectivity index is 2.18. The Kier molecular flexibility index (Phi) is 7.80. The van der Waals surface area contributed by atoms with E-state index in [0.29, 0.717) is 32.0 Å². The number of nitrogens with zero attached hydrogens (tertiary/aromatic N) is 2. The summed E-state index contributed by atoms with van der Waals surface area (Å²) in [4.78, 5) is 28.8. The lowest BCUT2D eigenvalue weighted by Gasteiger charge is -2.31. The molecule has 1 aliphatic rings. The van der Waals surface area contributed by atoms with Gasteiger partial charge >= 0.3 is 0 Å². The number of benzene rings is 1. The molecule has 0 spiro atoms. The number of carbonyl (C=O) groups is 2. The average molecular weight is 375 g/mol. The smallest absolute Gasteiger partial charge is 0.242 e. The summed E-state index contributed by atoms with van der Waals surface area (Å²) in [5.41, 5.74) is 8.06. The van der Waals surface area contributed by atoms with Gasteiger partial charge in [0.05, 0.1) is 0 Å². The average Bonchev–Trinajstić information content (AvgIpc) is 3.06. The molecule has 0 saturated carbocycles. The first-order valence-electron chi connectivity index (χ1n) is 9.87. The highest BCUT2D eigenvalue weighted by atomic mass is 16.2. The Morgan fingerprint density at radius 2 is 2.04 bits per heavy atom. The summed E-state index contributed by atoms with van der Waals surface area (Å²) in [6.45, 7) is 11.3. The van der Waals surface area contributed by atoms with Crippen LogP contribution < -0.4 is 11.1 Å². The largest absolute Gasteiger partial charge is 0.353 e. The molecule has 0 aliphatic carbocycles. The molecule has 1 aliphatic heterocycles. The first-order valence-corrected chi connectivity index (χ1v) is 9.87. The molecule has 2 amide bonds. The van der Waals surface area contributed by atoms with Crippen LogP contribution in [0, 0.1) is 12.8 Å². The first-order chi connectivity index (χ1) is 12.8. The van der Waals surface area contributed by atoms with Crippen molar-refractivity contribution in [3.63, 3.8) is 0 Å². The van der Waals surface area contributed by atoms with Crippen molar-refractivity contribution in [1.82, 2.24) is 15.1 Å². The highest BCUT2D eigenvalue weighted by molar-refractivity contribution is 5.87. The fourth-order valence-corrected chi connectivity index (χ4v) is 3.81. The standard InChI is InChI=1S/C21H34N4O2/c1-15(2)12-24(13-18-8-6-5-7-16(18)3)19-11-20(21(27)23-10-9-22)25(14-19)17(4)26/h5-8,15,19-20H,9-14,22H2,1-4H3,(H,23,27). The van der Waals surface area contributed by atoms with Crippen molar-refractivity contribution >= 4 is 11.8 Å². The second-order valence-electron chi connectivity index (χ2n) is 7.91. The predicted octanol–water partition coefficient (Wildman–Crippen LogP) is 1.52. The number of hydrogen-bond acceptors (Lipinski definition) is 4. The molecule has 1 fully saturated rings. The SMILES string of the molecule is CC(=O)N1CC(N(Cc2ccccc2C)CC(C)C)CC1C(=O)NCCN. The Morgan fingerprint density at radius 3 is 2.63 bits per heavy atom. The summed E-state index contributed by atoms with van der Waals surface area (Å²) in [5, 5.41) is 2.84. The van der Waals surface area contributed by atoms with Gasteiger partial charge in [-0.3, -0.25) is 14.5 Å². The number of aryl methyl sites for hydroxylation is 1. The van der Waals surface area contributed by atoms with Gasteiger partial charge < -0.3 is 16.0 Å². The van der Waals surface area contributed by atoms with Crippen LogP contribution in [0.2, 0.25) is 0 Å². The topological polar surface area (TPSA) is 78.7 Å². The predicted molar refractivity (Wildman–Crippen MR) is 108 cm³/mol. The third kappa shape index (κ3) is 5.78. The lowest BCUT2D eigenvalue weighted by atomic mass is 10.0. The van der Waals surface area contributed by atoms with E-state index in [1.807, 2.05) is 0 Å². The molecule has 0 bridgehead atoms. The zero-order valence-corrected chi connectivity index (χ0v) is 17.1. The van der Waals surface area contributed by atoms with Crippen molar-refractivity contribution in [2.75, 3.05) is 26.2 Å². The van der Waals surface area contributed by atoms with E-state index in [1.54, 1.807) is 11.8 Å². The van der Waals surface area contributed by atoms with Crippen LogP contribution in [0.5, 0.6) is 0 Å². The van der Waals surface area contributed by atoms with E-state index in [1.165, 1.54) is 11.1 Å². The molecule has 2 atom stereocenters. The normalized spacial score (nSPS) is 19.7. The summed E-state index contributed by atoms with van der Waals surface area (Å²) < 4.78 is 0. The third-order valence-corrected chi connectivity index (χ3v) is 5.18. The van der Waals surface area contributed by atoms with Crippen LogP contribution in [0.15, 0.2) is 24.3 Å². The van der Waals surface area contributed by atoms with Crippen LogP contribution in [0.3, 0.4) is 0 Å². The number of nitrogens with two attached hydrogens (primary N) is 1. The number of likely N-dealkylation sites (tertiary alicyclic amines) is 1. The van der Waals surface area contributed by atoms with E-state index < -0.39 is 6.04 Å². The monoisotopic (exact) mass is 374 g/mol. The van der Waals surface area contributed by atoms with Crippen LogP contribution in [0.25, 0.3) is 0 Å². The van der Waals surface area contributed by atoms with Gasteiger partial charge in [0, 0.05) is 45.7 Å². The van der Waals surface area contributed by atoms with Crippen LogP contribution >= 0.6 is 0 Å². The van der Waals surface area contributed by atoms with Crippen molar-refractivity contribution in [3.8, 4) is 0 Å². The summed E-state index contributed by atoms with van der Waals surface area (Å²) in [5.74, 6) is 0.356. The zero-order valence-electron chi connectivity index (χ0n) is 17.1. The van der Waals surface area contributed by atoms with Crippen molar-refractivity contribution in [2.24, 2.45) is 11.7 Å². The van der Waals surface area contributed by atoms with E-state index in [2.05, 4.69) is 55.3 Å². The molecule has 3 N–H and O–H groups in total. The maximum atomic E-state index is 12.5. The molecule has 2 rings (SSSR count). The van der Waals surface area contributed by atoms with E-state index in [-0.39, 0.29) is 17.9 Å². The van der Waals surface area contributed by atoms with E-state index in [4.69, 9.17) is 5.73 Å². The summed E-state index contributed by atoms with van der Waals surface area (Å²) in [6, 6.07) is 8.16. The van der Waals surface area contributed by atoms with Gasteiger partial charge in [-0.25, -0.2) is 0 Å². The van der Waals surface area contributed by atoms with E-state index in [0.717, 1.165) is 13.1 Å². The quantitative estimate of drug-likeness (QED) is 0.723. The maximum absolute atomic E-state index is 12.5. The van der Waals surface area contributed by atoms with Crippen molar-refractivity contribution in [2.45, 2.75) is 52.7 Å². The molecule has 0 aromatic heterocycles. The second-order valence-corrected chi connectivity index (χ2v) is 7.91. The van der Waals surface area contributed by atoms with Gasteiger partial charge in [0.1, 0.15) is 6.04 Å². The molecule has 1 saturated heterocycles. The van der Waals surface area contributed by atoms with Gasteiger partial charge in [-0.05, 0) is 30.4 Å². The highest BCUT2D eigenvalue weighted by Crippen LogP contribution is 2.25. The highest BCUT2D eigenvalue weighted by Gasteiger charge is 2.40. The van der Waals surface area contributed by atoms with Crippen LogP contribution in [-0.2, 0) is 16.1 Å². The number of rotatable bonds is 8. The Labute approximate surface area is 163 Å². The number of amides is 2. The molecular formula is C21H34N4O2. The van der Waals surface area contributed by atoms with Gasteiger partial charge in [0.15, 0.2) is 0 Å². The minimum atomic E-state index is -0.411. The number of hydrogen-bond donors (Lipinski definition) is 2. The van der Waals surface area contributed by atoms with Gasteiger partial charge in [0.25, 0.3) is 0 Å². The van der Waals surface area contributed by atoms with Crippen molar-refractivity contribution < 1.29 is 9.59 Å². The van der Waals surface area contributed by atoms with Crippen LogP contribution in [0.1, 0.15) is 38.3 Å². The zero-order chi connectivity index (χ0) is 20.0. The maximum Gasteiger partial charge on any atom is 0.242 e. The Morgan fingerprint density at radius 1 is 1.33 bits per heavy atom. The third-order valence-electron chi connectivity index (χ3n) is 5.18. The molecule has 0 radical (unpaired) electrons. The summed E-state index contributed by atoms with van der Waals surface area (Å²) >= 11 is 0. The van der Waals surface area contributed by atoms with Gasteiger partial charge in [-0.15, -0.1) is 0 Å².